The van der Waals surface area contributed by atoms with E-state index in [2.05, 4.69) is 20.4 Å². The third-order valence-corrected chi connectivity index (χ3v) is 2.79. The Labute approximate surface area is 116 Å². The highest BCUT2D eigenvalue weighted by atomic mass is 32.1. The van der Waals surface area contributed by atoms with E-state index in [0.29, 0.717) is 11.3 Å². The highest BCUT2D eigenvalue weighted by Gasteiger charge is 2.12. The summed E-state index contributed by atoms with van der Waals surface area (Å²) in [6.07, 6.45) is 0. The standard InChI is InChI=1S/C12H7FN4O2S/c13-7-3-1-6(2-4-7)9-5-8(10(18)15-14-9)11-16-17-12(20)19-11/h1-5H,(H,15,18)(H,17,20). The van der Waals surface area contributed by atoms with Gasteiger partial charge in [0.1, 0.15) is 11.4 Å². The molecule has 0 unspecified atom stereocenters. The van der Waals surface area contributed by atoms with Crippen LogP contribution >= 0.6 is 12.2 Å². The van der Waals surface area contributed by atoms with Gasteiger partial charge in [-0.05, 0) is 42.5 Å². The molecule has 20 heavy (non-hydrogen) atoms. The van der Waals surface area contributed by atoms with Crippen LogP contribution in [0.15, 0.2) is 39.5 Å². The molecule has 2 heterocycles. The number of hydrogen-bond acceptors (Lipinski definition) is 5. The van der Waals surface area contributed by atoms with Gasteiger partial charge in [0.05, 0.1) is 5.69 Å². The van der Waals surface area contributed by atoms with E-state index in [9.17, 15) is 9.18 Å². The van der Waals surface area contributed by atoms with E-state index in [1.807, 2.05) is 0 Å². The minimum absolute atomic E-state index is 0.0690. The number of nitrogens with one attached hydrogen (secondary N) is 2. The molecule has 3 aromatic rings. The highest BCUT2D eigenvalue weighted by Crippen LogP contribution is 2.20. The Morgan fingerprint density at radius 2 is 1.90 bits per heavy atom. The molecule has 0 radical (unpaired) electrons. The van der Waals surface area contributed by atoms with E-state index in [0.717, 1.165) is 0 Å². The van der Waals surface area contributed by atoms with Gasteiger partial charge in [0.2, 0.25) is 0 Å². The van der Waals surface area contributed by atoms with Gasteiger partial charge in [-0.2, -0.15) is 5.10 Å². The fourth-order valence-electron chi connectivity index (χ4n) is 1.68. The first-order valence-electron chi connectivity index (χ1n) is 5.55. The van der Waals surface area contributed by atoms with Crippen molar-refractivity contribution in [1.82, 2.24) is 20.4 Å². The molecule has 0 amide bonds. The Balaban J connectivity index is 2.13. The van der Waals surface area contributed by atoms with E-state index in [-0.39, 0.29) is 22.1 Å². The molecule has 0 atom stereocenters. The normalized spacial score (nSPS) is 10.7. The third kappa shape index (κ3) is 2.28. The number of benzene rings is 1. The molecule has 6 nitrogen and oxygen atoms in total. The molecule has 0 aliphatic heterocycles. The van der Waals surface area contributed by atoms with Gasteiger partial charge in [-0.1, -0.05) is 0 Å². The maximum Gasteiger partial charge on any atom is 0.284 e. The van der Waals surface area contributed by atoms with Crippen molar-refractivity contribution in [2.45, 2.75) is 0 Å². The number of aromatic amines is 2. The first-order valence-corrected chi connectivity index (χ1v) is 5.96. The van der Waals surface area contributed by atoms with Crippen molar-refractivity contribution in [1.29, 1.82) is 0 Å². The van der Waals surface area contributed by atoms with Crippen LogP contribution in [0.4, 0.5) is 4.39 Å². The smallest absolute Gasteiger partial charge is 0.284 e. The lowest BCUT2D eigenvalue weighted by atomic mass is 10.1. The van der Waals surface area contributed by atoms with Crippen LogP contribution < -0.4 is 5.56 Å². The van der Waals surface area contributed by atoms with Gasteiger partial charge >= 0.3 is 0 Å². The number of rotatable bonds is 2. The highest BCUT2D eigenvalue weighted by molar-refractivity contribution is 7.71. The van der Waals surface area contributed by atoms with Crippen molar-refractivity contribution >= 4 is 12.2 Å². The zero-order valence-corrected chi connectivity index (χ0v) is 10.7. The molecule has 3 rings (SSSR count). The summed E-state index contributed by atoms with van der Waals surface area (Å²) in [7, 11) is 0. The number of hydrogen-bond donors (Lipinski definition) is 2. The fourth-order valence-corrected chi connectivity index (χ4v) is 1.80. The lowest BCUT2D eigenvalue weighted by Crippen LogP contribution is -2.11. The lowest BCUT2D eigenvalue weighted by molar-refractivity contribution is 0.551. The Hall–Kier alpha value is -2.61. The molecule has 8 heteroatoms. The minimum Gasteiger partial charge on any atom is -0.409 e. The topological polar surface area (TPSA) is 87.6 Å². The van der Waals surface area contributed by atoms with Crippen LogP contribution in [0.3, 0.4) is 0 Å². The molecular weight excluding hydrogens is 283 g/mol. The summed E-state index contributed by atoms with van der Waals surface area (Å²) in [6.45, 7) is 0. The lowest BCUT2D eigenvalue weighted by Gasteiger charge is -2.01. The summed E-state index contributed by atoms with van der Waals surface area (Å²) in [4.78, 5) is 11.8. The van der Waals surface area contributed by atoms with E-state index in [1.165, 1.54) is 18.2 Å². The van der Waals surface area contributed by atoms with E-state index in [1.54, 1.807) is 12.1 Å². The van der Waals surface area contributed by atoms with Crippen LogP contribution in [0.2, 0.25) is 0 Å². The number of H-pyrrole nitrogens is 2. The molecule has 100 valence electrons. The second-order valence-corrected chi connectivity index (χ2v) is 4.29. The Kier molecular flexibility index (Phi) is 2.99. The molecule has 2 aromatic heterocycles. The van der Waals surface area contributed by atoms with Gasteiger partial charge in [-0.15, -0.1) is 5.10 Å². The van der Waals surface area contributed by atoms with Crippen LogP contribution in [0.25, 0.3) is 22.7 Å². The Morgan fingerprint density at radius 1 is 1.15 bits per heavy atom. The zero-order chi connectivity index (χ0) is 14.1. The molecule has 0 fully saturated rings. The number of nitrogens with zero attached hydrogens (tertiary/aromatic N) is 2. The average Bonchev–Trinajstić information content (AvgIpc) is 2.87. The SMILES string of the molecule is O=c1[nH]nc(-c2ccc(F)cc2)cc1-c1n[nH]c(=S)o1. The van der Waals surface area contributed by atoms with Crippen molar-refractivity contribution < 1.29 is 8.81 Å². The number of halogens is 1. The van der Waals surface area contributed by atoms with Crippen LogP contribution in [0.5, 0.6) is 0 Å². The quantitative estimate of drug-likeness (QED) is 0.707. The molecule has 0 spiro atoms. The minimum atomic E-state index is -0.457. The monoisotopic (exact) mass is 290 g/mol. The van der Waals surface area contributed by atoms with Crippen molar-refractivity contribution in [2.24, 2.45) is 0 Å². The van der Waals surface area contributed by atoms with Gasteiger partial charge < -0.3 is 4.42 Å². The summed E-state index contributed by atoms with van der Waals surface area (Å²) in [6, 6.07) is 7.23. The maximum atomic E-state index is 12.9. The van der Waals surface area contributed by atoms with Crippen molar-refractivity contribution in [3.05, 3.63) is 51.3 Å². The summed E-state index contributed by atoms with van der Waals surface area (Å²) in [5.41, 5.74) is 0.842. The van der Waals surface area contributed by atoms with Crippen molar-refractivity contribution in [2.75, 3.05) is 0 Å². The first-order chi connectivity index (χ1) is 9.63. The maximum absolute atomic E-state index is 12.9. The van der Waals surface area contributed by atoms with E-state index < -0.39 is 5.56 Å². The predicted molar refractivity (Wildman–Crippen MR) is 70.9 cm³/mol. The summed E-state index contributed by atoms with van der Waals surface area (Å²) in [5.74, 6) is -0.279. The molecule has 0 bridgehead atoms. The van der Waals surface area contributed by atoms with Crippen molar-refractivity contribution in [3.63, 3.8) is 0 Å². The molecular formula is C12H7FN4O2S. The van der Waals surface area contributed by atoms with Crippen LogP contribution in [0.1, 0.15) is 0 Å². The van der Waals surface area contributed by atoms with Gasteiger partial charge in [-0.3, -0.25) is 4.79 Å². The second-order valence-electron chi connectivity index (χ2n) is 3.92. The third-order valence-electron chi connectivity index (χ3n) is 2.61. The van der Waals surface area contributed by atoms with Gasteiger partial charge in [0, 0.05) is 5.56 Å². The molecule has 2 N–H and O–H groups in total. The molecule has 0 aliphatic rings. The van der Waals surface area contributed by atoms with Gasteiger partial charge in [0.25, 0.3) is 16.3 Å². The summed E-state index contributed by atoms with van der Waals surface area (Å²) in [5, 5.41) is 12.5. The predicted octanol–water partition coefficient (Wildman–Crippen LogP) is 2.29. The average molecular weight is 290 g/mol. The largest absolute Gasteiger partial charge is 0.409 e. The molecule has 0 saturated carbocycles. The van der Waals surface area contributed by atoms with Crippen LogP contribution in [0, 0.1) is 10.7 Å². The van der Waals surface area contributed by atoms with E-state index >= 15 is 0 Å². The summed E-state index contributed by atoms with van der Waals surface area (Å²) < 4.78 is 18.0. The zero-order valence-electron chi connectivity index (χ0n) is 9.88. The van der Waals surface area contributed by atoms with Crippen LogP contribution in [-0.4, -0.2) is 20.4 Å². The van der Waals surface area contributed by atoms with Crippen molar-refractivity contribution in [3.8, 4) is 22.7 Å². The van der Waals surface area contributed by atoms with Gasteiger partial charge in [-0.25, -0.2) is 14.6 Å². The number of aromatic nitrogens is 4. The Morgan fingerprint density at radius 3 is 2.55 bits per heavy atom. The summed E-state index contributed by atoms with van der Waals surface area (Å²) >= 11 is 4.76. The molecule has 0 aliphatic carbocycles. The van der Waals surface area contributed by atoms with Gasteiger partial charge in [0.15, 0.2) is 0 Å². The molecule has 0 saturated heterocycles. The Bertz CT molecular complexity index is 866. The molecule has 1 aromatic carbocycles. The fraction of sp³-hybridized carbons (Fsp3) is 0. The van der Waals surface area contributed by atoms with E-state index in [4.69, 9.17) is 16.6 Å². The first kappa shape index (κ1) is 12.4. The van der Waals surface area contributed by atoms with Crippen LogP contribution in [-0.2, 0) is 0 Å². The second kappa shape index (κ2) is 4.82.